The number of anilines is 1. The zero-order valence-corrected chi connectivity index (χ0v) is 21.0. The van der Waals surface area contributed by atoms with Crippen molar-refractivity contribution in [2.24, 2.45) is 11.3 Å². The largest absolute Gasteiger partial charge is 0.495 e. The monoisotopic (exact) mass is 454 g/mol. The van der Waals surface area contributed by atoms with Crippen LogP contribution in [-0.4, -0.2) is 56.7 Å². The van der Waals surface area contributed by atoms with Crippen molar-refractivity contribution in [1.82, 2.24) is 10.2 Å². The number of carbonyl (C=O) groups is 1. The third kappa shape index (κ3) is 6.44. The Hall–Kier alpha value is -1.75. The van der Waals surface area contributed by atoms with E-state index in [0.29, 0.717) is 5.91 Å². The summed E-state index contributed by atoms with van der Waals surface area (Å²) < 4.78 is 5.58. The van der Waals surface area contributed by atoms with Crippen molar-refractivity contribution in [3.8, 4) is 5.75 Å². The summed E-state index contributed by atoms with van der Waals surface area (Å²) in [4.78, 5) is 18.4. The van der Waals surface area contributed by atoms with E-state index in [0.717, 1.165) is 63.7 Å². The Morgan fingerprint density at radius 1 is 1.03 bits per heavy atom. The molecule has 1 aromatic carbocycles. The first-order valence-electron chi connectivity index (χ1n) is 13.5. The molecule has 1 aromatic rings. The van der Waals surface area contributed by atoms with Gasteiger partial charge in [-0.05, 0) is 37.3 Å². The van der Waals surface area contributed by atoms with E-state index in [4.69, 9.17) is 4.74 Å². The minimum atomic E-state index is -0.161. The van der Waals surface area contributed by atoms with Crippen LogP contribution >= 0.6 is 0 Å². The molecule has 0 bridgehead atoms. The lowest BCUT2D eigenvalue weighted by Gasteiger charge is -2.40. The molecule has 0 aromatic heterocycles. The zero-order valence-electron chi connectivity index (χ0n) is 21.0. The number of hydrogen-bond donors (Lipinski definition) is 1. The topological polar surface area (TPSA) is 44.8 Å². The molecule has 4 rings (SSSR count). The molecule has 2 aliphatic carbocycles. The molecular weight excluding hydrogens is 409 g/mol. The molecule has 0 radical (unpaired) electrons. The highest BCUT2D eigenvalue weighted by atomic mass is 16.4. The van der Waals surface area contributed by atoms with E-state index in [2.05, 4.69) is 34.2 Å². The van der Waals surface area contributed by atoms with Crippen LogP contribution in [0.15, 0.2) is 24.3 Å². The van der Waals surface area contributed by atoms with Crippen LogP contribution in [0.3, 0.4) is 0 Å². The Bertz CT molecular complexity index is 747. The van der Waals surface area contributed by atoms with Gasteiger partial charge in [-0.15, -0.1) is 0 Å². The second-order valence-electron chi connectivity index (χ2n) is 11.0. The van der Waals surface area contributed by atoms with Crippen molar-refractivity contribution in [2.45, 2.75) is 83.6 Å². The third-order valence-electron chi connectivity index (χ3n) is 8.46. The minimum Gasteiger partial charge on any atom is -0.495 e. The molecule has 33 heavy (non-hydrogen) atoms. The average Bonchev–Trinajstić information content (AvgIpc) is 2.85. The summed E-state index contributed by atoms with van der Waals surface area (Å²) >= 11 is 0. The third-order valence-corrected chi connectivity index (χ3v) is 8.46. The highest BCUT2D eigenvalue weighted by Gasteiger charge is 2.36. The van der Waals surface area contributed by atoms with Gasteiger partial charge in [-0.3, -0.25) is 9.69 Å². The van der Waals surface area contributed by atoms with E-state index in [-0.39, 0.29) is 11.5 Å². The van der Waals surface area contributed by atoms with Crippen molar-refractivity contribution >= 4 is 11.6 Å². The summed E-state index contributed by atoms with van der Waals surface area (Å²) in [7, 11) is 1.75. The number of nitrogens with one attached hydrogen (secondary N) is 1. The Morgan fingerprint density at radius 2 is 1.70 bits per heavy atom. The minimum absolute atomic E-state index is 0.161. The number of benzene rings is 1. The lowest BCUT2D eigenvalue weighted by atomic mass is 9.74. The van der Waals surface area contributed by atoms with E-state index >= 15 is 0 Å². The van der Waals surface area contributed by atoms with E-state index in [9.17, 15) is 4.79 Å². The highest BCUT2D eigenvalue weighted by molar-refractivity contribution is 5.82. The molecule has 3 aliphatic rings. The number of amides is 1. The Kier molecular flexibility index (Phi) is 8.56. The molecule has 1 N–H and O–H groups in total. The van der Waals surface area contributed by atoms with E-state index in [1.54, 1.807) is 7.11 Å². The lowest BCUT2D eigenvalue weighted by Crippen LogP contribution is -2.54. The van der Waals surface area contributed by atoms with Crippen molar-refractivity contribution in [3.05, 3.63) is 24.3 Å². The van der Waals surface area contributed by atoms with Crippen molar-refractivity contribution < 1.29 is 9.53 Å². The summed E-state index contributed by atoms with van der Waals surface area (Å²) in [6.45, 7) is 7.26. The number of ether oxygens (including phenoxy) is 1. The average molecular weight is 455 g/mol. The second-order valence-corrected chi connectivity index (χ2v) is 11.0. The van der Waals surface area contributed by atoms with Crippen molar-refractivity contribution in [1.29, 1.82) is 0 Å². The fourth-order valence-corrected chi connectivity index (χ4v) is 6.30. The standard InChI is InChI=1S/C28H45N3O2/c1-28(15-9-4-10-16-28)27(32)29-24(21-23-11-5-3-6-12-23)22-30-17-19-31(20-18-30)25-13-7-8-14-26(25)33-2/h7-8,13-14,23-24H,3-6,9-12,15-22H2,1-2H3,(H,29,32)/t24-/m1/s1/i2-1. The first kappa shape index (κ1) is 24.4. The van der Waals surface area contributed by atoms with Crippen LogP contribution in [0.1, 0.15) is 77.6 Å². The fraction of sp³-hybridized carbons (Fsp3) is 0.750. The molecule has 1 amide bonds. The van der Waals surface area contributed by atoms with Crippen molar-refractivity contribution in [2.75, 3.05) is 44.7 Å². The van der Waals surface area contributed by atoms with Gasteiger partial charge < -0.3 is 15.0 Å². The summed E-state index contributed by atoms with van der Waals surface area (Å²) in [6, 6.07) is 8.60. The number of carbonyl (C=O) groups excluding carboxylic acids is 1. The molecular formula is C28H45N3O2. The van der Waals surface area contributed by atoms with Crippen LogP contribution in [0.2, 0.25) is 0 Å². The van der Waals surface area contributed by atoms with Gasteiger partial charge in [-0.25, -0.2) is 0 Å². The molecule has 2 saturated carbocycles. The highest BCUT2D eigenvalue weighted by Crippen LogP contribution is 2.36. The van der Waals surface area contributed by atoms with Crippen LogP contribution in [0, 0.1) is 11.3 Å². The number of hydrogen-bond acceptors (Lipinski definition) is 4. The van der Waals surface area contributed by atoms with E-state index < -0.39 is 0 Å². The van der Waals surface area contributed by atoms with Crippen LogP contribution < -0.4 is 15.0 Å². The van der Waals surface area contributed by atoms with Crippen LogP contribution in [0.4, 0.5) is 5.69 Å². The summed E-state index contributed by atoms with van der Waals surface area (Å²) in [5, 5.41) is 3.57. The summed E-state index contributed by atoms with van der Waals surface area (Å²) in [5.41, 5.74) is 1.03. The van der Waals surface area contributed by atoms with Crippen molar-refractivity contribution in [3.63, 3.8) is 0 Å². The molecule has 1 heterocycles. The maximum atomic E-state index is 13.4. The van der Waals surface area contributed by atoms with E-state index in [1.165, 1.54) is 57.1 Å². The van der Waals surface area contributed by atoms with Gasteiger partial charge >= 0.3 is 0 Å². The predicted octanol–water partition coefficient (Wildman–Crippen LogP) is 5.24. The van der Waals surface area contributed by atoms with Crippen LogP contribution in [-0.2, 0) is 4.79 Å². The van der Waals surface area contributed by atoms with Gasteiger partial charge in [0.25, 0.3) is 0 Å². The normalized spacial score (nSPS) is 23.2. The molecule has 1 aliphatic heterocycles. The van der Waals surface area contributed by atoms with Gasteiger partial charge in [0.15, 0.2) is 0 Å². The first-order chi connectivity index (χ1) is 16.1. The van der Waals surface area contributed by atoms with E-state index in [1.807, 2.05) is 12.1 Å². The molecule has 0 spiro atoms. The number of nitrogens with zero attached hydrogens (tertiary/aromatic N) is 2. The maximum Gasteiger partial charge on any atom is 0.226 e. The number of para-hydroxylation sites is 2. The zero-order chi connectivity index (χ0) is 23.1. The molecule has 3 fully saturated rings. The molecule has 184 valence electrons. The lowest BCUT2D eigenvalue weighted by molar-refractivity contribution is -0.133. The summed E-state index contributed by atoms with van der Waals surface area (Å²) in [5.74, 6) is 2.04. The molecule has 1 saturated heterocycles. The van der Waals surface area contributed by atoms with Crippen LogP contribution in [0.5, 0.6) is 5.75 Å². The predicted molar refractivity (Wildman–Crippen MR) is 136 cm³/mol. The molecule has 1 atom stereocenters. The SMILES string of the molecule is CC1(C(=O)N[C@H](CC2CCCCC2)CN2CCN(c3ccccc3O[11CH3])CC2)CCCCC1. The van der Waals surface area contributed by atoms with Gasteiger partial charge in [0.1, 0.15) is 5.75 Å². The Morgan fingerprint density at radius 3 is 2.39 bits per heavy atom. The number of rotatable bonds is 8. The molecule has 0 unspecified atom stereocenters. The molecule has 5 nitrogen and oxygen atoms in total. The van der Waals surface area contributed by atoms with Gasteiger partial charge in [0.05, 0.1) is 12.8 Å². The smallest absolute Gasteiger partial charge is 0.226 e. The van der Waals surface area contributed by atoms with Gasteiger partial charge in [-0.2, -0.15) is 0 Å². The van der Waals surface area contributed by atoms with Gasteiger partial charge in [0.2, 0.25) is 5.91 Å². The Balaban J connectivity index is 1.36. The number of methoxy groups -OCH3 is 1. The van der Waals surface area contributed by atoms with Gasteiger partial charge in [-0.1, -0.05) is 70.4 Å². The molecule has 5 heteroatoms. The van der Waals surface area contributed by atoms with Gasteiger partial charge in [0, 0.05) is 44.2 Å². The quantitative estimate of drug-likeness (QED) is 0.583. The Labute approximate surface area is 201 Å². The summed E-state index contributed by atoms with van der Waals surface area (Å²) in [6.07, 6.45) is 13.7. The fourth-order valence-electron chi connectivity index (χ4n) is 6.30. The number of piperazine rings is 1. The first-order valence-corrected chi connectivity index (χ1v) is 13.5. The van der Waals surface area contributed by atoms with Crippen LogP contribution in [0.25, 0.3) is 0 Å². The second kappa shape index (κ2) is 11.6. The maximum absolute atomic E-state index is 13.4.